The maximum absolute atomic E-state index is 13.3. The van der Waals surface area contributed by atoms with Crippen LogP contribution in [0.3, 0.4) is 0 Å². The fraction of sp³-hybridized carbons (Fsp3) is 0.231. The molecule has 0 saturated heterocycles. The molecule has 1 aromatic heterocycles. The van der Waals surface area contributed by atoms with Gasteiger partial charge in [0.15, 0.2) is 0 Å². The van der Waals surface area contributed by atoms with Crippen LogP contribution in [0, 0.1) is 12.7 Å². The summed E-state index contributed by atoms with van der Waals surface area (Å²) < 4.78 is 13.3. The number of aryl methyl sites for hydroxylation is 1. The van der Waals surface area contributed by atoms with Crippen molar-refractivity contribution in [3.8, 4) is 0 Å². The Hall–Kier alpha value is -2.21. The lowest BCUT2D eigenvalue weighted by Gasteiger charge is -2.22. The predicted octanol–water partition coefficient (Wildman–Crippen LogP) is 2.37. The Morgan fingerprint density at radius 3 is 2.74 bits per heavy atom. The van der Waals surface area contributed by atoms with E-state index in [9.17, 15) is 4.39 Å². The third-order valence-corrected chi connectivity index (χ3v) is 2.68. The molecule has 0 aliphatic carbocycles. The van der Waals surface area contributed by atoms with Crippen molar-refractivity contribution < 1.29 is 4.39 Å². The van der Waals surface area contributed by atoms with E-state index in [1.54, 1.807) is 6.07 Å². The number of aromatic nitrogens is 2. The molecular weight excluding hydrogens is 245 g/mol. The van der Waals surface area contributed by atoms with E-state index >= 15 is 0 Å². The number of hydrogen-bond donors (Lipinski definition) is 2. The van der Waals surface area contributed by atoms with Gasteiger partial charge in [0.25, 0.3) is 0 Å². The van der Waals surface area contributed by atoms with Crippen molar-refractivity contribution in [2.75, 3.05) is 16.9 Å². The molecule has 0 aliphatic rings. The Morgan fingerprint density at radius 1 is 1.32 bits per heavy atom. The number of nitrogens with two attached hydrogens (primary N) is 1. The van der Waals surface area contributed by atoms with Crippen LogP contribution in [0.1, 0.15) is 12.6 Å². The summed E-state index contributed by atoms with van der Waals surface area (Å²) in [6.07, 6.45) is 0. The van der Waals surface area contributed by atoms with Gasteiger partial charge in [-0.2, -0.15) is 4.98 Å². The highest BCUT2D eigenvalue weighted by molar-refractivity contribution is 5.61. The fourth-order valence-electron chi connectivity index (χ4n) is 1.88. The average molecular weight is 261 g/mol. The molecular formula is C13H16FN5. The van der Waals surface area contributed by atoms with Crippen molar-refractivity contribution in [3.05, 3.63) is 41.8 Å². The molecule has 0 radical (unpaired) electrons. The van der Waals surface area contributed by atoms with Gasteiger partial charge in [0, 0.05) is 24.0 Å². The number of halogens is 1. The number of hydrogen-bond acceptors (Lipinski definition) is 5. The molecule has 2 aromatic rings. The highest BCUT2D eigenvalue weighted by Crippen LogP contribution is 2.25. The van der Waals surface area contributed by atoms with Crippen LogP contribution in [0.15, 0.2) is 30.3 Å². The monoisotopic (exact) mass is 261 g/mol. The minimum atomic E-state index is -0.279. The summed E-state index contributed by atoms with van der Waals surface area (Å²) in [7, 11) is 0. The molecule has 0 aliphatic heterocycles. The number of anilines is 3. The number of nitrogens with one attached hydrogen (secondary N) is 1. The zero-order chi connectivity index (χ0) is 13.8. The highest BCUT2D eigenvalue weighted by atomic mass is 19.1. The van der Waals surface area contributed by atoms with Gasteiger partial charge in [0.2, 0.25) is 5.95 Å². The Morgan fingerprint density at radius 2 is 2.11 bits per heavy atom. The molecule has 1 aromatic carbocycles. The van der Waals surface area contributed by atoms with Gasteiger partial charge in [0.1, 0.15) is 11.6 Å². The summed E-state index contributed by atoms with van der Waals surface area (Å²) in [5, 5.41) is 0. The van der Waals surface area contributed by atoms with Crippen LogP contribution in [-0.4, -0.2) is 16.5 Å². The minimum absolute atomic E-state index is 0.279. The van der Waals surface area contributed by atoms with Crippen LogP contribution in [-0.2, 0) is 0 Å². The molecule has 0 amide bonds. The van der Waals surface area contributed by atoms with Crippen LogP contribution in [0.5, 0.6) is 0 Å². The third kappa shape index (κ3) is 2.97. The first-order chi connectivity index (χ1) is 9.13. The first kappa shape index (κ1) is 13.2. The lowest BCUT2D eigenvalue weighted by molar-refractivity contribution is 0.627. The van der Waals surface area contributed by atoms with Crippen molar-refractivity contribution in [3.63, 3.8) is 0 Å². The van der Waals surface area contributed by atoms with Crippen molar-refractivity contribution in [2.24, 2.45) is 5.84 Å². The second kappa shape index (κ2) is 5.62. The molecule has 0 unspecified atom stereocenters. The molecule has 3 N–H and O–H groups in total. The van der Waals surface area contributed by atoms with E-state index in [0.29, 0.717) is 18.3 Å². The van der Waals surface area contributed by atoms with Crippen LogP contribution in [0.2, 0.25) is 0 Å². The maximum atomic E-state index is 13.3. The molecule has 19 heavy (non-hydrogen) atoms. The molecule has 0 bridgehead atoms. The Balaban J connectivity index is 2.44. The smallest absolute Gasteiger partial charge is 0.239 e. The third-order valence-electron chi connectivity index (χ3n) is 2.68. The van der Waals surface area contributed by atoms with Gasteiger partial charge < -0.3 is 4.90 Å². The van der Waals surface area contributed by atoms with Crippen LogP contribution in [0.25, 0.3) is 0 Å². The molecule has 0 atom stereocenters. The second-order valence-corrected chi connectivity index (χ2v) is 4.06. The quantitative estimate of drug-likeness (QED) is 0.653. The Labute approximate surface area is 111 Å². The van der Waals surface area contributed by atoms with Gasteiger partial charge in [-0.25, -0.2) is 15.2 Å². The van der Waals surface area contributed by atoms with E-state index in [0.717, 1.165) is 11.4 Å². The first-order valence-corrected chi connectivity index (χ1v) is 5.99. The molecule has 100 valence electrons. The molecule has 6 heteroatoms. The topological polar surface area (TPSA) is 67.1 Å². The molecule has 1 heterocycles. The van der Waals surface area contributed by atoms with E-state index in [1.165, 1.54) is 12.1 Å². The van der Waals surface area contributed by atoms with Gasteiger partial charge in [0.05, 0.1) is 0 Å². The van der Waals surface area contributed by atoms with E-state index in [-0.39, 0.29) is 5.82 Å². The van der Waals surface area contributed by atoms with Crippen LogP contribution in [0.4, 0.5) is 21.8 Å². The standard InChI is InChI=1S/C13H16FN5/c1-3-19(11-6-4-5-10(14)8-11)12-7-9(2)16-13(17-12)18-15/h4-8H,3,15H2,1-2H3,(H,16,17,18). The number of rotatable bonds is 4. The average Bonchev–Trinajstić information content (AvgIpc) is 2.39. The summed E-state index contributed by atoms with van der Waals surface area (Å²) in [5.74, 6) is 6.07. The highest BCUT2D eigenvalue weighted by Gasteiger charge is 2.11. The second-order valence-electron chi connectivity index (χ2n) is 4.06. The summed E-state index contributed by atoms with van der Waals surface area (Å²) >= 11 is 0. The summed E-state index contributed by atoms with van der Waals surface area (Å²) in [6, 6.07) is 8.21. The van der Waals surface area contributed by atoms with Crippen molar-refractivity contribution in [1.82, 2.24) is 9.97 Å². The van der Waals surface area contributed by atoms with Gasteiger partial charge in [-0.15, -0.1) is 0 Å². The van der Waals surface area contributed by atoms with Crippen molar-refractivity contribution >= 4 is 17.5 Å². The van der Waals surface area contributed by atoms with Crippen molar-refractivity contribution in [2.45, 2.75) is 13.8 Å². The zero-order valence-electron chi connectivity index (χ0n) is 10.9. The molecule has 2 rings (SSSR count). The van der Waals surface area contributed by atoms with Gasteiger partial charge in [-0.3, -0.25) is 5.43 Å². The largest absolute Gasteiger partial charge is 0.326 e. The number of hydrazine groups is 1. The van der Waals surface area contributed by atoms with Crippen molar-refractivity contribution in [1.29, 1.82) is 0 Å². The van der Waals surface area contributed by atoms with Gasteiger partial charge in [-0.05, 0) is 32.0 Å². The van der Waals surface area contributed by atoms with E-state index in [1.807, 2.05) is 30.9 Å². The fourth-order valence-corrected chi connectivity index (χ4v) is 1.88. The lowest BCUT2D eigenvalue weighted by Crippen LogP contribution is -2.20. The lowest BCUT2D eigenvalue weighted by atomic mass is 10.2. The maximum Gasteiger partial charge on any atom is 0.239 e. The Bertz CT molecular complexity index is 573. The van der Waals surface area contributed by atoms with Gasteiger partial charge in [-0.1, -0.05) is 6.07 Å². The number of benzene rings is 1. The summed E-state index contributed by atoms with van der Waals surface area (Å²) in [4.78, 5) is 10.3. The molecule has 0 fully saturated rings. The Kier molecular flexibility index (Phi) is 3.91. The first-order valence-electron chi connectivity index (χ1n) is 5.99. The van der Waals surface area contributed by atoms with E-state index < -0.39 is 0 Å². The SMILES string of the molecule is CCN(c1cccc(F)c1)c1cc(C)nc(NN)n1. The predicted molar refractivity (Wildman–Crippen MR) is 73.7 cm³/mol. The van der Waals surface area contributed by atoms with Gasteiger partial charge >= 0.3 is 0 Å². The van der Waals surface area contributed by atoms with E-state index in [4.69, 9.17) is 5.84 Å². The normalized spacial score (nSPS) is 10.3. The molecule has 5 nitrogen and oxygen atoms in total. The zero-order valence-corrected chi connectivity index (χ0v) is 10.9. The number of nitrogens with zero attached hydrogens (tertiary/aromatic N) is 3. The van der Waals surface area contributed by atoms with E-state index in [2.05, 4.69) is 15.4 Å². The molecule has 0 spiro atoms. The number of nitrogen functional groups attached to an aromatic ring is 1. The molecule has 0 saturated carbocycles. The van der Waals surface area contributed by atoms with Crippen LogP contribution < -0.4 is 16.2 Å². The van der Waals surface area contributed by atoms with Crippen LogP contribution >= 0.6 is 0 Å². The summed E-state index contributed by atoms with van der Waals surface area (Å²) in [5.41, 5.74) is 3.95. The minimum Gasteiger partial charge on any atom is -0.326 e. The summed E-state index contributed by atoms with van der Waals surface area (Å²) in [6.45, 7) is 4.48.